The predicted octanol–water partition coefficient (Wildman–Crippen LogP) is 3.40. The molecule has 1 N–H and O–H groups in total. The number of anilines is 1. The summed E-state index contributed by atoms with van der Waals surface area (Å²) in [6, 6.07) is 0.305. The van der Waals surface area contributed by atoms with Crippen LogP contribution in [0.3, 0.4) is 0 Å². The Kier molecular flexibility index (Phi) is 8.50. The van der Waals surface area contributed by atoms with E-state index in [0.29, 0.717) is 23.6 Å². The zero-order valence-electron chi connectivity index (χ0n) is 15.6. The monoisotopic (exact) mass is 354 g/mol. The molecule has 6 heteroatoms. The quantitative estimate of drug-likeness (QED) is 0.842. The van der Waals surface area contributed by atoms with Gasteiger partial charge in [-0.25, -0.2) is 4.68 Å². The SMILES string of the molecule is C=CC.CC(C)CC1CC(Nc2cnn(C)c(=O)c2Cl)CN(C)C1. The van der Waals surface area contributed by atoms with Gasteiger partial charge >= 0.3 is 0 Å². The lowest BCUT2D eigenvalue weighted by molar-refractivity contribution is 0.178. The minimum atomic E-state index is -0.260. The van der Waals surface area contributed by atoms with Crippen LogP contribution in [0, 0.1) is 11.8 Å². The van der Waals surface area contributed by atoms with Crippen LogP contribution < -0.4 is 10.9 Å². The minimum absolute atomic E-state index is 0.223. The number of halogens is 1. The van der Waals surface area contributed by atoms with Gasteiger partial charge in [0.15, 0.2) is 0 Å². The Balaban J connectivity index is 0.000000891. The van der Waals surface area contributed by atoms with E-state index in [4.69, 9.17) is 11.6 Å². The maximum atomic E-state index is 11.8. The third kappa shape index (κ3) is 6.29. The van der Waals surface area contributed by atoms with E-state index >= 15 is 0 Å². The minimum Gasteiger partial charge on any atom is -0.378 e. The first-order valence-electron chi connectivity index (χ1n) is 8.52. The molecule has 1 fully saturated rings. The molecule has 0 amide bonds. The number of aryl methyl sites for hydroxylation is 1. The second-order valence-corrected chi connectivity index (χ2v) is 7.38. The number of allylic oxidation sites excluding steroid dienone is 1. The molecule has 2 atom stereocenters. The van der Waals surface area contributed by atoms with Crippen molar-refractivity contribution in [2.45, 2.75) is 39.7 Å². The van der Waals surface area contributed by atoms with Crippen LogP contribution in [-0.4, -0.2) is 40.9 Å². The summed E-state index contributed by atoms with van der Waals surface area (Å²) in [7, 11) is 3.75. The Bertz CT molecular complexity index is 583. The highest BCUT2D eigenvalue weighted by Crippen LogP contribution is 2.26. The zero-order valence-corrected chi connectivity index (χ0v) is 16.3. The van der Waals surface area contributed by atoms with E-state index in [9.17, 15) is 4.79 Å². The third-order valence-electron chi connectivity index (χ3n) is 3.96. The topological polar surface area (TPSA) is 50.2 Å². The summed E-state index contributed by atoms with van der Waals surface area (Å²) in [4.78, 5) is 14.2. The molecule has 2 rings (SSSR count). The first-order valence-corrected chi connectivity index (χ1v) is 8.90. The van der Waals surface area contributed by atoms with Gasteiger partial charge in [0, 0.05) is 26.2 Å². The number of nitrogens with one attached hydrogen (secondary N) is 1. The Morgan fingerprint density at radius 3 is 2.67 bits per heavy atom. The summed E-state index contributed by atoms with van der Waals surface area (Å²) in [6.45, 7) is 11.9. The van der Waals surface area contributed by atoms with Crippen molar-refractivity contribution in [3.63, 3.8) is 0 Å². The normalized spacial score (nSPS) is 21.1. The van der Waals surface area contributed by atoms with Crippen LogP contribution >= 0.6 is 11.6 Å². The number of aromatic nitrogens is 2. The Morgan fingerprint density at radius 1 is 1.46 bits per heavy atom. The van der Waals surface area contributed by atoms with Crippen molar-refractivity contribution in [3.8, 4) is 0 Å². The standard InChI is InChI=1S/C15H25ClN4O.C3H6/c1-10(2)5-11-6-12(9-19(3)8-11)18-13-7-17-20(4)15(21)14(13)16;1-3-2/h7,10-12,18H,5-6,8-9H2,1-4H3;3H,1H2,2H3. The van der Waals surface area contributed by atoms with Crippen LogP contribution in [0.1, 0.15) is 33.6 Å². The van der Waals surface area contributed by atoms with Crippen molar-refractivity contribution in [1.82, 2.24) is 14.7 Å². The Morgan fingerprint density at radius 2 is 2.08 bits per heavy atom. The van der Waals surface area contributed by atoms with E-state index in [1.165, 1.54) is 11.1 Å². The predicted molar refractivity (Wildman–Crippen MR) is 103 cm³/mol. The fourth-order valence-electron chi connectivity index (χ4n) is 3.22. The summed E-state index contributed by atoms with van der Waals surface area (Å²) in [5, 5.41) is 7.66. The average Bonchev–Trinajstić information content (AvgIpc) is 2.47. The number of piperidine rings is 1. The molecule has 0 saturated carbocycles. The molecule has 2 heterocycles. The molecule has 0 aromatic carbocycles. The fraction of sp³-hybridized carbons (Fsp3) is 0.667. The molecule has 1 aromatic rings. The van der Waals surface area contributed by atoms with Gasteiger partial charge < -0.3 is 10.2 Å². The van der Waals surface area contributed by atoms with Gasteiger partial charge in [-0.2, -0.15) is 5.10 Å². The number of nitrogens with zero attached hydrogens (tertiary/aromatic N) is 3. The lowest BCUT2D eigenvalue weighted by atomic mass is 9.87. The van der Waals surface area contributed by atoms with Crippen molar-refractivity contribution in [3.05, 3.63) is 34.2 Å². The number of likely N-dealkylation sites (tertiary alicyclic amines) is 1. The molecule has 1 aliphatic rings. The van der Waals surface area contributed by atoms with E-state index in [1.807, 2.05) is 6.92 Å². The van der Waals surface area contributed by atoms with E-state index < -0.39 is 0 Å². The number of rotatable bonds is 4. The molecule has 2 unspecified atom stereocenters. The molecular weight excluding hydrogens is 324 g/mol. The molecule has 5 nitrogen and oxygen atoms in total. The van der Waals surface area contributed by atoms with Crippen molar-refractivity contribution >= 4 is 17.3 Å². The van der Waals surface area contributed by atoms with Crippen molar-refractivity contribution in [2.24, 2.45) is 18.9 Å². The summed E-state index contributed by atoms with van der Waals surface area (Å²) in [5.41, 5.74) is 0.382. The average molecular weight is 355 g/mol. The van der Waals surface area contributed by atoms with Crippen LogP contribution in [0.5, 0.6) is 0 Å². The molecule has 0 aliphatic carbocycles. The van der Waals surface area contributed by atoms with Crippen LogP contribution in [0.15, 0.2) is 23.6 Å². The zero-order chi connectivity index (χ0) is 18.3. The van der Waals surface area contributed by atoms with E-state index in [-0.39, 0.29) is 10.6 Å². The lowest BCUT2D eigenvalue weighted by Crippen LogP contribution is -2.44. The molecule has 1 saturated heterocycles. The first-order chi connectivity index (χ1) is 11.3. The molecule has 1 aromatic heterocycles. The van der Waals surface area contributed by atoms with Gasteiger partial charge in [-0.3, -0.25) is 4.79 Å². The summed E-state index contributed by atoms with van der Waals surface area (Å²) in [6.07, 6.45) is 5.72. The van der Waals surface area contributed by atoms with E-state index in [1.54, 1.807) is 19.3 Å². The molecule has 1 aliphatic heterocycles. The number of hydrogen-bond donors (Lipinski definition) is 1. The van der Waals surface area contributed by atoms with Gasteiger partial charge in [-0.05, 0) is 38.6 Å². The van der Waals surface area contributed by atoms with Gasteiger partial charge in [-0.15, -0.1) is 6.58 Å². The second kappa shape index (κ2) is 9.84. The Labute approximate surface area is 150 Å². The maximum Gasteiger partial charge on any atom is 0.287 e. The molecule has 0 spiro atoms. The maximum absolute atomic E-state index is 11.8. The van der Waals surface area contributed by atoms with Gasteiger partial charge in [0.2, 0.25) is 0 Å². The Hall–Kier alpha value is -1.33. The highest BCUT2D eigenvalue weighted by Gasteiger charge is 2.26. The number of likely N-dealkylation sites (N-methyl/N-ethyl adjacent to an activating group) is 1. The van der Waals surface area contributed by atoms with Gasteiger partial charge in [0.1, 0.15) is 5.02 Å². The molecule has 24 heavy (non-hydrogen) atoms. The largest absolute Gasteiger partial charge is 0.378 e. The van der Waals surface area contributed by atoms with E-state index in [2.05, 4.69) is 42.8 Å². The van der Waals surface area contributed by atoms with Gasteiger partial charge in [-0.1, -0.05) is 31.5 Å². The van der Waals surface area contributed by atoms with Crippen LogP contribution in [0.25, 0.3) is 0 Å². The third-order valence-corrected chi connectivity index (χ3v) is 4.33. The van der Waals surface area contributed by atoms with Crippen molar-refractivity contribution in [2.75, 3.05) is 25.5 Å². The van der Waals surface area contributed by atoms with Crippen LogP contribution in [0.4, 0.5) is 5.69 Å². The van der Waals surface area contributed by atoms with Gasteiger partial charge in [0.05, 0.1) is 11.9 Å². The highest BCUT2D eigenvalue weighted by atomic mass is 35.5. The summed E-state index contributed by atoms with van der Waals surface area (Å²) >= 11 is 6.13. The van der Waals surface area contributed by atoms with Crippen LogP contribution in [-0.2, 0) is 7.05 Å². The van der Waals surface area contributed by atoms with Gasteiger partial charge in [0.25, 0.3) is 5.56 Å². The molecular formula is C18H31ClN4O. The first kappa shape index (κ1) is 20.7. The summed E-state index contributed by atoms with van der Waals surface area (Å²) < 4.78 is 1.25. The van der Waals surface area contributed by atoms with E-state index in [0.717, 1.165) is 19.5 Å². The lowest BCUT2D eigenvalue weighted by Gasteiger charge is -2.37. The van der Waals surface area contributed by atoms with Crippen molar-refractivity contribution in [1.29, 1.82) is 0 Å². The molecule has 0 bridgehead atoms. The van der Waals surface area contributed by atoms with Crippen LogP contribution in [0.2, 0.25) is 5.02 Å². The van der Waals surface area contributed by atoms with Crippen molar-refractivity contribution < 1.29 is 0 Å². The molecule has 136 valence electrons. The highest BCUT2D eigenvalue weighted by molar-refractivity contribution is 6.32. The molecule has 0 radical (unpaired) electrons. The summed E-state index contributed by atoms with van der Waals surface area (Å²) in [5.74, 6) is 1.39. The second-order valence-electron chi connectivity index (χ2n) is 7.00. The fourth-order valence-corrected chi connectivity index (χ4v) is 3.44. The smallest absolute Gasteiger partial charge is 0.287 e. The number of hydrogen-bond acceptors (Lipinski definition) is 4.